The van der Waals surface area contributed by atoms with Crippen LogP contribution in [0.1, 0.15) is 39.4 Å². The second-order valence-electron chi connectivity index (χ2n) is 5.23. The first-order valence-corrected chi connectivity index (χ1v) is 11.5. The van der Waals surface area contributed by atoms with Crippen LogP contribution in [0.15, 0.2) is 30.3 Å². The predicted molar refractivity (Wildman–Crippen MR) is 94.7 cm³/mol. The van der Waals surface area contributed by atoms with Crippen molar-refractivity contribution in [2.75, 3.05) is 26.4 Å². The summed E-state index contributed by atoms with van der Waals surface area (Å²) in [5.41, 5.74) is 0.710. The molecule has 1 saturated heterocycles. The molecule has 25 heavy (non-hydrogen) atoms. The Hall–Kier alpha value is -0.520. The lowest BCUT2D eigenvalue weighted by Gasteiger charge is -2.29. The maximum Gasteiger partial charge on any atom is 0.378 e. The third-order valence-electron chi connectivity index (χ3n) is 3.66. The van der Waals surface area contributed by atoms with Gasteiger partial charge in [-0.05, 0) is 33.3 Å². The monoisotopic (exact) mass is 392 g/mol. The van der Waals surface area contributed by atoms with Gasteiger partial charge in [0.2, 0.25) is 0 Å². The SMILES string of the molecule is CCOP(=O)(OCC)C1(P(=O)(OCC)OCC)OC1c1ccccc1. The van der Waals surface area contributed by atoms with Gasteiger partial charge in [0, 0.05) is 0 Å². The van der Waals surface area contributed by atoms with E-state index in [9.17, 15) is 9.13 Å². The molecule has 2 rings (SSSR count). The fourth-order valence-electron chi connectivity index (χ4n) is 2.74. The van der Waals surface area contributed by atoms with Crippen LogP contribution in [0.5, 0.6) is 0 Å². The topological polar surface area (TPSA) is 83.6 Å². The fraction of sp³-hybridized carbons (Fsp3) is 0.625. The fourth-order valence-corrected chi connectivity index (χ4v) is 8.23. The van der Waals surface area contributed by atoms with Gasteiger partial charge < -0.3 is 22.8 Å². The van der Waals surface area contributed by atoms with Crippen LogP contribution < -0.4 is 0 Å². The van der Waals surface area contributed by atoms with Gasteiger partial charge >= 0.3 is 20.3 Å². The molecule has 1 atom stereocenters. The van der Waals surface area contributed by atoms with Crippen molar-refractivity contribution in [1.29, 1.82) is 0 Å². The predicted octanol–water partition coefficient (Wildman–Crippen LogP) is 4.94. The zero-order chi connectivity index (χ0) is 18.6. The van der Waals surface area contributed by atoms with Gasteiger partial charge in [0.05, 0.1) is 26.4 Å². The van der Waals surface area contributed by atoms with Crippen LogP contribution in [-0.2, 0) is 32.0 Å². The third-order valence-corrected chi connectivity index (χ3v) is 9.77. The zero-order valence-corrected chi connectivity index (χ0v) is 16.8. The van der Waals surface area contributed by atoms with Crippen LogP contribution >= 0.6 is 15.2 Å². The molecule has 1 aliphatic heterocycles. The number of benzene rings is 1. The Morgan fingerprint density at radius 3 is 1.60 bits per heavy atom. The highest BCUT2D eigenvalue weighted by atomic mass is 31.2. The van der Waals surface area contributed by atoms with Crippen molar-refractivity contribution >= 4 is 15.2 Å². The third kappa shape index (κ3) is 3.65. The van der Waals surface area contributed by atoms with Gasteiger partial charge in [-0.25, -0.2) is 0 Å². The van der Waals surface area contributed by atoms with Crippen molar-refractivity contribution in [3.63, 3.8) is 0 Å². The van der Waals surface area contributed by atoms with E-state index in [1.54, 1.807) is 39.8 Å². The molecular formula is C16H26O7P2. The highest BCUT2D eigenvalue weighted by Gasteiger charge is 2.82. The van der Waals surface area contributed by atoms with Gasteiger partial charge in [0.25, 0.3) is 0 Å². The Bertz CT molecular complexity index is 599. The Morgan fingerprint density at radius 1 is 0.840 bits per heavy atom. The number of rotatable bonds is 11. The van der Waals surface area contributed by atoms with Crippen molar-refractivity contribution < 1.29 is 32.0 Å². The van der Waals surface area contributed by atoms with E-state index in [-0.39, 0.29) is 26.4 Å². The maximum absolute atomic E-state index is 13.6. The molecule has 0 amide bonds. The molecular weight excluding hydrogens is 366 g/mol. The summed E-state index contributed by atoms with van der Waals surface area (Å²) in [6.45, 7) is 7.20. The van der Waals surface area contributed by atoms with Crippen molar-refractivity contribution in [3.05, 3.63) is 35.9 Å². The van der Waals surface area contributed by atoms with Crippen LogP contribution in [0.4, 0.5) is 0 Å². The summed E-state index contributed by atoms with van der Waals surface area (Å²) in [6, 6.07) is 9.09. The largest absolute Gasteiger partial charge is 0.378 e. The minimum atomic E-state index is -3.95. The zero-order valence-electron chi connectivity index (χ0n) is 15.0. The van der Waals surface area contributed by atoms with Crippen molar-refractivity contribution in [2.45, 2.75) is 38.9 Å². The van der Waals surface area contributed by atoms with Crippen LogP contribution in [0, 0.1) is 0 Å². The lowest BCUT2D eigenvalue weighted by Crippen LogP contribution is -2.21. The first kappa shape index (κ1) is 20.8. The minimum absolute atomic E-state index is 0.113. The molecule has 0 N–H and O–H groups in total. The summed E-state index contributed by atoms with van der Waals surface area (Å²) in [7, 11) is -7.90. The van der Waals surface area contributed by atoms with Gasteiger partial charge in [-0.2, -0.15) is 0 Å². The van der Waals surface area contributed by atoms with Gasteiger partial charge in [-0.3, -0.25) is 9.13 Å². The molecule has 1 aromatic rings. The second kappa shape index (κ2) is 8.45. The summed E-state index contributed by atoms with van der Waals surface area (Å²) in [4.78, 5) is 0. The number of epoxide rings is 1. The first-order valence-electron chi connectivity index (χ1n) is 8.45. The number of hydrogen-bond donors (Lipinski definition) is 0. The molecule has 1 aliphatic rings. The Labute approximate surface area is 149 Å². The van der Waals surface area contributed by atoms with Crippen LogP contribution in [0.2, 0.25) is 0 Å². The molecule has 0 aliphatic carbocycles. The number of hydrogen-bond acceptors (Lipinski definition) is 7. The van der Waals surface area contributed by atoms with Gasteiger partial charge in [-0.1, -0.05) is 30.3 Å². The second-order valence-corrected chi connectivity index (χ2v) is 9.94. The van der Waals surface area contributed by atoms with Crippen molar-refractivity contribution in [2.24, 2.45) is 0 Å². The Kier molecular flexibility index (Phi) is 7.02. The molecule has 9 heteroatoms. The van der Waals surface area contributed by atoms with Gasteiger partial charge in [-0.15, -0.1) is 0 Å². The average molecular weight is 392 g/mol. The summed E-state index contributed by atoms with van der Waals surface area (Å²) in [5.74, 6) is 0. The summed E-state index contributed by atoms with van der Waals surface area (Å²) in [5, 5.41) is -1.79. The van der Waals surface area contributed by atoms with E-state index in [4.69, 9.17) is 22.8 Å². The highest BCUT2D eigenvalue weighted by Crippen LogP contribution is 2.89. The van der Waals surface area contributed by atoms with Gasteiger partial charge in [0.15, 0.2) is 0 Å². The van der Waals surface area contributed by atoms with E-state index in [0.717, 1.165) is 0 Å². The number of ether oxygens (including phenoxy) is 1. The Morgan fingerprint density at radius 2 is 1.24 bits per heavy atom. The van der Waals surface area contributed by atoms with E-state index >= 15 is 0 Å². The highest BCUT2D eigenvalue weighted by molar-refractivity contribution is 7.74. The van der Waals surface area contributed by atoms with Gasteiger partial charge in [0.1, 0.15) is 6.10 Å². The molecule has 0 saturated carbocycles. The smallest absolute Gasteiger partial charge is 0.337 e. The standard InChI is InChI=1S/C16H26O7P2/c1-5-19-24(17,20-6-2)16(25(18,21-7-3)22-8-4)15(23-16)14-12-10-9-11-13-14/h9-13,15H,5-8H2,1-4H3. The molecule has 1 aromatic carbocycles. The van der Waals surface area contributed by atoms with Crippen LogP contribution in [-0.4, -0.2) is 31.5 Å². The maximum atomic E-state index is 13.6. The lowest BCUT2D eigenvalue weighted by molar-refractivity contribution is 0.171. The minimum Gasteiger partial charge on any atom is -0.337 e. The van der Waals surface area contributed by atoms with E-state index in [2.05, 4.69) is 0 Å². The average Bonchev–Trinajstić information content (AvgIpc) is 3.35. The summed E-state index contributed by atoms with van der Waals surface area (Å²) in [6.07, 6.45) is -0.762. The molecule has 0 spiro atoms. The van der Waals surface area contributed by atoms with E-state index in [1.165, 1.54) is 0 Å². The molecule has 0 aromatic heterocycles. The van der Waals surface area contributed by atoms with E-state index in [0.29, 0.717) is 5.56 Å². The first-order chi connectivity index (χ1) is 11.9. The molecule has 0 radical (unpaired) electrons. The van der Waals surface area contributed by atoms with Crippen LogP contribution in [0.3, 0.4) is 0 Å². The molecule has 142 valence electrons. The Balaban J connectivity index is 2.57. The molecule has 1 unspecified atom stereocenters. The van der Waals surface area contributed by atoms with Crippen molar-refractivity contribution in [1.82, 2.24) is 0 Å². The van der Waals surface area contributed by atoms with Crippen molar-refractivity contribution in [3.8, 4) is 0 Å². The normalized spacial score (nSPS) is 19.8. The molecule has 1 heterocycles. The molecule has 0 bridgehead atoms. The molecule has 7 nitrogen and oxygen atoms in total. The lowest BCUT2D eigenvalue weighted by atomic mass is 10.2. The van der Waals surface area contributed by atoms with E-state index < -0.39 is 26.4 Å². The van der Waals surface area contributed by atoms with E-state index in [1.807, 2.05) is 18.2 Å². The quantitative estimate of drug-likeness (QED) is 0.389. The molecule has 1 fully saturated rings. The summed E-state index contributed by atoms with van der Waals surface area (Å²) < 4.78 is 54.8. The van der Waals surface area contributed by atoms with Crippen LogP contribution in [0.25, 0.3) is 0 Å². The summed E-state index contributed by atoms with van der Waals surface area (Å²) >= 11 is 0.